The summed E-state index contributed by atoms with van der Waals surface area (Å²) in [7, 11) is 0. The van der Waals surface area contributed by atoms with Gasteiger partial charge in [-0.25, -0.2) is 0 Å². The van der Waals surface area contributed by atoms with Gasteiger partial charge in [0, 0.05) is 16.1 Å². The summed E-state index contributed by atoms with van der Waals surface area (Å²) in [5.74, 6) is -0.368. The molecule has 0 radical (unpaired) electrons. The summed E-state index contributed by atoms with van der Waals surface area (Å²) in [6.07, 6.45) is 2.09. The first-order chi connectivity index (χ1) is 8.15. The average Bonchev–Trinajstić information content (AvgIpc) is 3.10. The van der Waals surface area contributed by atoms with E-state index in [0.717, 1.165) is 17.3 Å². The van der Waals surface area contributed by atoms with Crippen LogP contribution in [0.2, 0.25) is 0 Å². The molecule has 0 spiro atoms. The van der Waals surface area contributed by atoms with E-state index < -0.39 is 0 Å². The third kappa shape index (κ3) is 3.85. The summed E-state index contributed by atoms with van der Waals surface area (Å²) < 4.78 is 0.840. The molecule has 2 amide bonds. The lowest BCUT2D eigenvalue weighted by atomic mass is 10.2. The van der Waals surface area contributed by atoms with E-state index in [0.29, 0.717) is 11.6 Å². The Morgan fingerprint density at radius 2 is 2.12 bits per heavy atom. The van der Waals surface area contributed by atoms with Crippen LogP contribution in [0.1, 0.15) is 23.2 Å². The molecule has 1 aliphatic carbocycles. The molecule has 1 fully saturated rings. The van der Waals surface area contributed by atoms with E-state index in [1.165, 1.54) is 0 Å². The lowest BCUT2D eigenvalue weighted by Crippen LogP contribution is -2.37. The van der Waals surface area contributed by atoms with E-state index >= 15 is 0 Å². The van der Waals surface area contributed by atoms with Gasteiger partial charge in [-0.1, -0.05) is 22.0 Å². The molecule has 2 N–H and O–H groups in total. The first-order valence-electron chi connectivity index (χ1n) is 5.48. The fourth-order valence-corrected chi connectivity index (χ4v) is 1.80. The van der Waals surface area contributed by atoms with Crippen LogP contribution in [-0.4, -0.2) is 24.4 Å². The van der Waals surface area contributed by atoms with Gasteiger partial charge in [0.15, 0.2) is 0 Å². The third-order valence-corrected chi connectivity index (χ3v) is 2.93. The van der Waals surface area contributed by atoms with Gasteiger partial charge in [-0.3, -0.25) is 9.59 Å². The Kier molecular flexibility index (Phi) is 3.78. The molecule has 0 aromatic heterocycles. The monoisotopic (exact) mass is 296 g/mol. The number of hydrogen-bond acceptors (Lipinski definition) is 2. The Hall–Kier alpha value is -1.36. The number of benzene rings is 1. The van der Waals surface area contributed by atoms with Crippen molar-refractivity contribution >= 4 is 27.7 Å². The maximum absolute atomic E-state index is 11.7. The molecule has 0 bridgehead atoms. The number of carbonyl (C=O) groups excluding carboxylic acids is 2. The van der Waals surface area contributed by atoms with Crippen molar-refractivity contribution in [3.8, 4) is 0 Å². The van der Waals surface area contributed by atoms with Crippen LogP contribution >= 0.6 is 15.9 Å². The molecule has 1 aromatic rings. The lowest BCUT2D eigenvalue weighted by Gasteiger charge is -2.06. The van der Waals surface area contributed by atoms with Gasteiger partial charge in [0.1, 0.15) is 0 Å². The van der Waals surface area contributed by atoms with Gasteiger partial charge < -0.3 is 10.6 Å². The number of carbonyl (C=O) groups is 2. The molecule has 1 aromatic carbocycles. The van der Waals surface area contributed by atoms with Crippen LogP contribution in [0, 0.1) is 0 Å². The molecule has 1 aliphatic rings. The van der Waals surface area contributed by atoms with Gasteiger partial charge in [-0.15, -0.1) is 0 Å². The highest BCUT2D eigenvalue weighted by Gasteiger charge is 2.23. The standard InChI is InChI=1S/C12H13BrN2O2/c13-9-3-1-2-8(6-9)12(17)14-7-11(16)15-10-4-5-10/h1-3,6,10H,4-5,7H2,(H,14,17)(H,15,16). The molecule has 17 heavy (non-hydrogen) atoms. The maximum Gasteiger partial charge on any atom is 0.251 e. The van der Waals surface area contributed by atoms with Crippen LogP contribution in [0.15, 0.2) is 28.7 Å². The molecule has 0 aliphatic heterocycles. The molecule has 0 unspecified atom stereocenters. The van der Waals surface area contributed by atoms with Crippen molar-refractivity contribution in [3.05, 3.63) is 34.3 Å². The normalized spacial score (nSPS) is 14.2. The lowest BCUT2D eigenvalue weighted by molar-refractivity contribution is -0.120. The van der Waals surface area contributed by atoms with E-state index in [-0.39, 0.29) is 18.4 Å². The van der Waals surface area contributed by atoms with Crippen molar-refractivity contribution in [2.45, 2.75) is 18.9 Å². The second-order valence-electron chi connectivity index (χ2n) is 4.03. The number of amides is 2. The van der Waals surface area contributed by atoms with Gasteiger partial charge in [-0.2, -0.15) is 0 Å². The van der Waals surface area contributed by atoms with Crippen LogP contribution < -0.4 is 10.6 Å². The molecule has 2 rings (SSSR count). The summed E-state index contributed by atoms with van der Waals surface area (Å²) in [6.45, 7) is 0.0296. The summed E-state index contributed by atoms with van der Waals surface area (Å²) in [6, 6.07) is 7.37. The van der Waals surface area contributed by atoms with Crippen LogP contribution in [0.3, 0.4) is 0 Å². The molecule has 0 heterocycles. The Labute approximate surface area is 108 Å². The fourth-order valence-electron chi connectivity index (χ4n) is 1.40. The molecule has 90 valence electrons. The molecular formula is C12H13BrN2O2. The highest BCUT2D eigenvalue weighted by atomic mass is 79.9. The highest BCUT2D eigenvalue weighted by molar-refractivity contribution is 9.10. The number of nitrogens with one attached hydrogen (secondary N) is 2. The van der Waals surface area contributed by atoms with Crippen LogP contribution in [-0.2, 0) is 4.79 Å². The minimum atomic E-state index is -0.239. The van der Waals surface area contributed by atoms with Crippen molar-refractivity contribution in [2.24, 2.45) is 0 Å². The van der Waals surface area contributed by atoms with E-state index in [2.05, 4.69) is 26.6 Å². The van der Waals surface area contributed by atoms with E-state index in [4.69, 9.17) is 0 Å². The second-order valence-corrected chi connectivity index (χ2v) is 4.95. The Bertz CT molecular complexity index is 444. The molecule has 1 saturated carbocycles. The fraction of sp³-hybridized carbons (Fsp3) is 0.333. The number of rotatable bonds is 4. The maximum atomic E-state index is 11.7. The van der Waals surface area contributed by atoms with Crippen LogP contribution in [0.4, 0.5) is 0 Å². The largest absolute Gasteiger partial charge is 0.352 e. The van der Waals surface area contributed by atoms with Crippen molar-refractivity contribution in [1.29, 1.82) is 0 Å². The zero-order valence-corrected chi connectivity index (χ0v) is 10.8. The summed E-state index contributed by atoms with van der Waals surface area (Å²) in [4.78, 5) is 23.1. The zero-order chi connectivity index (χ0) is 12.3. The van der Waals surface area contributed by atoms with Crippen molar-refractivity contribution < 1.29 is 9.59 Å². The van der Waals surface area contributed by atoms with Crippen molar-refractivity contribution in [1.82, 2.24) is 10.6 Å². The minimum Gasteiger partial charge on any atom is -0.352 e. The first kappa shape index (κ1) is 12.1. The van der Waals surface area contributed by atoms with Gasteiger partial charge >= 0.3 is 0 Å². The van der Waals surface area contributed by atoms with Crippen LogP contribution in [0.5, 0.6) is 0 Å². The van der Waals surface area contributed by atoms with Crippen LogP contribution in [0.25, 0.3) is 0 Å². The quantitative estimate of drug-likeness (QED) is 0.884. The number of hydrogen-bond donors (Lipinski definition) is 2. The van der Waals surface area contributed by atoms with Gasteiger partial charge in [0.2, 0.25) is 5.91 Å². The van der Waals surface area contributed by atoms with Crippen molar-refractivity contribution in [3.63, 3.8) is 0 Å². The second kappa shape index (κ2) is 5.31. The minimum absolute atomic E-state index is 0.0296. The topological polar surface area (TPSA) is 58.2 Å². The van der Waals surface area contributed by atoms with E-state index in [9.17, 15) is 9.59 Å². The highest BCUT2D eigenvalue weighted by Crippen LogP contribution is 2.18. The smallest absolute Gasteiger partial charge is 0.251 e. The molecular weight excluding hydrogens is 284 g/mol. The molecule has 4 nitrogen and oxygen atoms in total. The van der Waals surface area contributed by atoms with E-state index in [1.807, 2.05) is 6.07 Å². The summed E-state index contributed by atoms with van der Waals surface area (Å²) >= 11 is 3.29. The Balaban J connectivity index is 1.82. The predicted molar refractivity (Wildman–Crippen MR) is 67.6 cm³/mol. The first-order valence-corrected chi connectivity index (χ1v) is 6.27. The Morgan fingerprint density at radius 1 is 1.35 bits per heavy atom. The predicted octanol–water partition coefficient (Wildman–Crippen LogP) is 1.46. The molecule has 0 atom stereocenters. The summed E-state index contributed by atoms with van der Waals surface area (Å²) in [5, 5.41) is 5.40. The third-order valence-electron chi connectivity index (χ3n) is 2.44. The van der Waals surface area contributed by atoms with Crippen molar-refractivity contribution in [2.75, 3.05) is 6.54 Å². The SMILES string of the molecule is O=C(CNC(=O)c1cccc(Br)c1)NC1CC1. The molecule has 0 saturated heterocycles. The number of halogens is 1. The van der Waals surface area contributed by atoms with Gasteiger partial charge in [-0.05, 0) is 31.0 Å². The Morgan fingerprint density at radius 3 is 2.76 bits per heavy atom. The van der Waals surface area contributed by atoms with Gasteiger partial charge in [0.25, 0.3) is 5.91 Å². The molecule has 5 heteroatoms. The zero-order valence-electron chi connectivity index (χ0n) is 9.20. The summed E-state index contributed by atoms with van der Waals surface area (Å²) in [5.41, 5.74) is 0.540. The average molecular weight is 297 g/mol. The van der Waals surface area contributed by atoms with E-state index in [1.54, 1.807) is 18.2 Å². The van der Waals surface area contributed by atoms with Gasteiger partial charge in [0.05, 0.1) is 6.54 Å².